The number of carbonyl (C=O) groups excluding carboxylic acids is 2. The van der Waals surface area contributed by atoms with Gasteiger partial charge >= 0.3 is 0 Å². The van der Waals surface area contributed by atoms with Crippen molar-refractivity contribution in [2.45, 2.75) is 37.8 Å². The number of aryl methyl sites for hydroxylation is 2. The maximum atomic E-state index is 11.1. The highest BCUT2D eigenvalue weighted by molar-refractivity contribution is 5.85. The van der Waals surface area contributed by atoms with E-state index in [2.05, 4.69) is 12.1 Å². The third kappa shape index (κ3) is 5.52. The van der Waals surface area contributed by atoms with E-state index in [1.54, 1.807) is 0 Å². The molecule has 2 aliphatic rings. The van der Waals surface area contributed by atoms with Crippen LogP contribution in [0.3, 0.4) is 0 Å². The number of primary amides is 2. The van der Waals surface area contributed by atoms with E-state index in [0.29, 0.717) is 0 Å². The topological polar surface area (TPSA) is 138 Å². The number of amides is 2. The highest BCUT2D eigenvalue weighted by Gasteiger charge is 2.30. The van der Waals surface area contributed by atoms with E-state index >= 15 is 0 Å². The molecule has 2 aromatic rings. The monoisotopic (exact) mass is 452 g/mol. The van der Waals surface area contributed by atoms with Gasteiger partial charge in [-0.1, -0.05) is 48.5 Å². The summed E-state index contributed by atoms with van der Waals surface area (Å²) in [6.07, 6.45) is 3.34. The minimum absolute atomic E-state index is 0. The smallest absolute Gasteiger partial charge is 0.222 e. The number of benzene rings is 2. The molecule has 0 heterocycles. The Hall–Kier alpha value is -2.12. The number of carbonyl (C=O) groups is 2. The van der Waals surface area contributed by atoms with Crippen LogP contribution in [0.1, 0.15) is 47.2 Å². The van der Waals surface area contributed by atoms with Crippen molar-refractivity contribution in [3.63, 3.8) is 0 Å². The molecule has 0 spiro atoms. The Labute approximate surface area is 189 Å². The second-order valence-electron chi connectivity index (χ2n) is 7.54. The fraction of sp³-hybridized carbons (Fsp3) is 0.364. The van der Waals surface area contributed by atoms with Crippen LogP contribution in [-0.4, -0.2) is 11.8 Å². The Balaban J connectivity index is 0.000000281. The molecule has 0 aromatic heterocycles. The summed E-state index contributed by atoms with van der Waals surface area (Å²) >= 11 is 0. The molecule has 30 heavy (non-hydrogen) atoms. The number of rotatable bonds is 2. The van der Waals surface area contributed by atoms with Gasteiger partial charge < -0.3 is 22.9 Å². The highest BCUT2D eigenvalue weighted by atomic mass is 35.5. The molecule has 0 radical (unpaired) electrons. The van der Waals surface area contributed by atoms with Gasteiger partial charge in [-0.25, -0.2) is 0 Å². The molecular weight excluding hydrogens is 423 g/mol. The summed E-state index contributed by atoms with van der Waals surface area (Å²) in [4.78, 5) is 22.2. The molecule has 6 nitrogen and oxygen atoms in total. The summed E-state index contributed by atoms with van der Waals surface area (Å²) in [6.45, 7) is 0. The number of fused-ring (bicyclic) bond motifs is 2. The molecule has 8 N–H and O–H groups in total. The second-order valence-corrected chi connectivity index (χ2v) is 7.54. The van der Waals surface area contributed by atoms with E-state index in [0.717, 1.165) is 36.8 Å². The van der Waals surface area contributed by atoms with E-state index in [-0.39, 0.29) is 60.5 Å². The maximum absolute atomic E-state index is 11.1. The van der Waals surface area contributed by atoms with Crippen molar-refractivity contribution in [3.8, 4) is 0 Å². The molecule has 4 unspecified atom stereocenters. The van der Waals surface area contributed by atoms with Crippen molar-refractivity contribution in [2.75, 3.05) is 0 Å². The molecule has 2 amide bonds. The zero-order valence-electron chi connectivity index (χ0n) is 16.7. The first-order valence-electron chi connectivity index (χ1n) is 9.65. The number of hydrogen-bond acceptors (Lipinski definition) is 4. The van der Waals surface area contributed by atoms with Crippen molar-refractivity contribution in [2.24, 2.45) is 34.8 Å². The first-order chi connectivity index (χ1) is 13.4. The Morgan fingerprint density at radius 1 is 0.667 bits per heavy atom. The molecule has 2 aliphatic carbocycles. The first kappa shape index (κ1) is 25.9. The molecule has 4 rings (SSSR count). The Kier molecular flexibility index (Phi) is 9.78. The predicted molar refractivity (Wildman–Crippen MR) is 123 cm³/mol. The maximum Gasteiger partial charge on any atom is 0.222 e. The molecule has 2 aromatic carbocycles. The zero-order chi connectivity index (χ0) is 20.3. The Morgan fingerprint density at radius 2 is 1.00 bits per heavy atom. The zero-order valence-corrected chi connectivity index (χ0v) is 18.3. The van der Waals surface area contributed by atoms with Gasteiger partial charge in [-0.2, -0.15) is 0 Å². The standard InChI is InChI=1S/2C11H14N2O.2ClH/c2*12-10-8-4-2-1-3-7(8)5-6-9(10)11(13)14;;/h2*1-4,9-10H,5-6,12H2,(H2,13,14);2*1H. The van der Waals surface area contributed by atoms with Gasteiger partial charge in [0.25, 0.3) is 0 Å². The third-order valence-corrected chi connectivity index (χ3v) is 5.88. The lowest BCUT2D eigenvalue weighted by Gasteiger charge is -2.28. The fourth-order valence-corrected chi connectivity index (χ4v) is 4.23. The summed E-state index contributed by atoms with van der Waals surface area (Å²) in [6, 6.07) is 15.5. The van der Waals surface area contributed by atoms with Gasteiger partial charge in [0.05, 0.1) is 11.8 Å². The average molecular weight is 453 g/mol. The summed E-state index contributed by atoms with van der Waals surface area (Å²) in [5, 5.41) is 0. The lowest BCUT2D eigenvalue weighted by molar-refractivity contribution is -0.123. The van der Waals surface area contributed by atoms with Gasteiger partial charge in [-0.05, 0) is 47.9 Å². The van der Waals surface area contributed by atoms with Crippen LogP contribution >= 0.6 is 24.8 Å². The molecule has 8 heteroatoms. The quantitative estimate of drug-likeness (QED) is 0.554. The molecule has 0 fully saturated rings. The van der Waals surface area contributed by atoms with Crippen LogP contribution in [-0.2, 0) is 22.4 Å². The molecule has 4 atom stereocenters. The molecule has 0 saturated carbocycles. The van der Waals surface area contributed by atoms with Crippen LogP contribution in [0.25, 0.3) is 0 Å². The van der Waals surface area contributed by atoms with E-state index in [1.165, 1.54) is 11.1 Å². The van der Waals surface area contributed by atoms with Gasteiger partial charge in [-0.3, -0.25) is 9.59 Å². The molecule has 164 valence electrons. The lowest BCUT2D eigenvalue weighted by Crippen LogP contribution is -2.36. The third-order valence-electron chi connectivity index (χ3n) is 5.88. The van der Waals surface area contributed by atoms with E-state index in [9.17, 15) is 9.59 Å². The molecule has 0 saturated heterocycles. The van der Waals surface area contributed by atoms with E-state index < -0.39 is 0 Å². The summed E-state index contributed by atoms with van der Waals surface area (Å²) in [5.41, 5.74) is 27.2. The van der Waals surface area contributed by atoms with Crippen LogP contribution in [0, 0.1) is 11.8 Å². The second kappa shape index (κ2) is 11.3. The van der Waals surface area contributed by atoms with Crippen molar-refractivity contribution in [1.29, 1.82) is 0 Å². The van der Waals surface area contributed by atoms with Gasteiger partial charge in [0.1, 0.15) is 0 Å². The molecule has 0 aliphatic heterocycles. The van der Waals surface area contributed by atoms with Crippen molar-refractivity contribution in [1.82, 2.24) is 0 Å². The largest absolute Gasteiger partial charge is 0.369 e. The average Bonchev–Trinajstić information content (AvgIpc) is 2.69. The molecular formula is C22H30Cl2N4O2. The highest BCUT2D eigenvalue weighted by Crippen LogP contribution is 2.33. The number of hydrogen-bond donors (Lipinski definition) is 4. The van der Waals surface area contributed by atoms with Crippen LogP contribution in [0.4, 0.5) is 0 Å². The minimum atomic E-state index is -0.285. The Morgan fingerprint density at radius 3 is 1.33 bits per heavy atom. The lowest BCUT2D eigenvalue weighted by atomic mass is 9.80. The number of halogens is 2. The van der Waals surface area contributed by atoms with Crippen molar-refractivity contribution < 1.29 is 9.59 Å². The summed E-state index contributed by atoms with van der Waals surface area (Å²) in [7, 11) is 0. The van der Waals surface area contributed by atoms with Crippen LogP contribution < -0.4 is 22.9 Å². The normalized spacial score (nSPS) is 23.8. The molecule has 0 bridgehead atoms. The predicted octanol–water partition coefficient (Wildman–Crippen LogP) is 2.31. The van der Waals surface area contributed by atoms with E-state index in [4.69, 9.17) is 22.9 Å². The number of nitrogens with two attached hydrogens (primary N) is 4. The first-order valence-corrected chi connectivity index (χ1v) is 9.65. The van der Waals surface area contributed by atoms with Crippen LogP contribution in [0.2, 0.25) is 0 Å². The van der Waals surface area contributed by atoms with Gasteiger partial charge in [0.2, 0.25) is 11.8 Å². The summed E-state index contributed by atoms with van der Waals surface area (Å²) < 4.78 is 0. The van der Waals surface area contributed by atoms with Crippen molar-refractivity contribution >= 4 is 36.6 Å². The minimum Gasteiger partial charge on any atom is -0.369 e. The van der Waals surface area contributed by atoms with Crippen LogP contribution in [0.5, 0.6) is 0 Å². The van der Waals surface area contributed by atoms with Crippen molar-refractivity contribution in [3.05, 3.63) is 70.8 Å². The van der Waals surface area contributed by atoms with Gasteiger partial charge in [-0.15, -0.1) is 24.8 Å². The Bertz CT molecular complexity index is 806. The van der Waals surface area contributed by atoms with Gasteiger partial charge in [0, 0.05) is 12.1 Å². The summed E-state index contributed by atoms with van der Waals surface area (Å²) in [5.74, 6) is -0.978. The fourth-order valence-electron chi connectivity index (χ4n) is 4.23. The van der Waals surface area contributed by atoms with Crippen LogP contribution in [0.15, 0.2) is 48.5 Å². The van der Waals surface area contributed by atoms with E-state index in [1.807, 2.05) is 36.4 Å². The van der Waals surface area contributed by atoms with Gasteiger partial charge in [0.15, 0.2) is 0 Å². The SMILES string of the molecule is Cl.Cl.NC(=O)C1CCc2ccccc2C1N.NC(=O)C1CCc2ccccc2C1N.